The van der Waals surface area contributed by atoms with Crippen LogP contribution in [0.4, 0.5) is 0 Å². The van der Waals surface area contributed by atoms with Crippen LogP contribution in [0.1, 0.15) is 12.2 Å². The second-order valence-electron chi connectivity index (χ2n) is 4.47. The van der Waals surface area contributed by atoms with E-state index in [4.69, 9.17) is 9.15 Å². The summed E-state index contributed by atoms with van der Waals surface area (Å²) in [7, 11) is 3.89. The van der Waals surface area contributed by atoms with Crippen LogP contribution in [0.25, 0.3) is 0 Å². The predicted octanol–water partition coefficient (Wildman–Crippen LogP) is 1.09. The average molecular weight is 224 g/mol. The maximum Gasteiger partial charge on any atom is 0.117 e. The van der Waals surface area contributed by atoms with Gasteiger partial charge in [-0.1, -0.05) is 0 Å². The van der Waals surface area contributed by atoms with Gasteiger partial charge in [-0.3, -0.25) is 4.90 Å². The summed E-state index contributed by atoms with van der Waals surface area (Å²) in [5.74, 6) is 1.02. The zero-order chi connectivity index (χ0) is 11.4. The molecule has 1 N–H and O–H groups in total. The Morgan fingerprint density at radius 1 is 1.62 bits per heavy atom. The quantitative estimate of drug-likeness (QED) is 0.812. The molecule has 1 saturated heterocycles. The minimum Gasteiger partial charge on any atom is -0.468 e. The Kier molecular flexibility index (Phi) is 3.98. The lowest BCUT2D eigenvalue weighted by molar-refractivity contribution is 0.116. The Hall–Kier alpha value is -0.840. The van der Waals surface area contributed by atoms with Crippen LogP contribution < -0.4 is 5.32 Å². The summed E-state index contributed by atoms with van der Waals surface area (Å²) in [6, 6.07) is 4.47. The van der Waals surface area contributed by atoms with Crippen molar-refractivity contribution in [2.24, 2.45) is 0 Å². The van der Waals surface area contributed by atoms with E-state index in [2.05, 4.69) is 17.3 Å². The topological polar surface area (TPSA) is 37.6 Å². The molecule has 0 spiro atoms. The minimum atomic E-state index is 0.377. The second kappa shape index (κ2) is 5.48. The molecule has 1 aliphatic heterocycles. The zero-order valence-electron chi connectivity index (χ0n) is 9.98. The molecule has 1 fully saturated rings. The van der Waals surface area contributed by atoms with Crippen LogP contribution in [0.15, 0.2) is 22.8 Å². The van der Waals surface area contributed by atoms with Gasteiger partial charge in [-0.05, 0) is 25.6 Å². The second-order valence-corrected chi connectivity index (χ2v) is 4.47. The first kappa shape index (κ1) is 11.6. The van der Waals surface area contributed by atoms with Crippen LogP contribution in [0.2, 0.25) is 0 Å². The van der Waals surface area contributed by atoms with E-state index in [9.17, 15) is 0 Å². The number of rotatable bonds is 5. The first-order chi connectivity index (χ1) is 7.78. The molecule has 4 heteroatoms. The van der Waals surface area contributed by atoms with Crippen LogP contribution >= 0.6 is 0 Å². The summed E-state index contributed by atoms with van der Waals surface area (Å²) in [4.78, 5) is 2.27. The van der Waals surface area contributed by atoms with E-state index < -0.39 is 0 Å². The Morgan fingerprint density at radius 2 is 2.50 bits per heavy atom. The maximum absolute atomic E-state index is 5.33. The average Bonchev–Trinajstić information content (AvgIpc) is 2.89. The van der Waals surface area contributed by atoms with Gasteiger partial charge in [-0.25, -0.2) is 0 Å². The molecule has 0 saturated carbocycles. The lowest BCUT2D eigenvalue weighted by Crippen LogP contribution is -2.34. The van der Waals surface area contributed by atoms with Gasteiger partial charge >= 0.3 is 0 Å². The molecule has 4 nitrogen and oxygen atoms in total. The third-order valence-corrected chi connectivity index (χ3v) is 3.05. The molecule has 2 atom stereocenters. The van der Waals surface area contributed by atoms with Gasteiger partial charge in [0.05, 0.1) is 18.9 Å². The van der Waals surface area contributed by atoms with Crippen molar-refractivity contribution in [2.45, 2.75) is 25.1 Å². The van der Waals surface area contributed by atoms with E-state index in [-0.39, 0.29) is 0 Å². The van der Waals surface area contributed by atoms with Crippen LogP contribution in [0.3, 0.4) is 0 Å². The number of likely N-dealkylation sites (N-methyl/N-ethyl adjacent to an activating group) is 1. The molecule has 2 rings (SSSR count). The fourth-order valence-corrected chi connectivity index (χ4v) is 2.21. The molecule has 0 amide bonds. The monoisotopic (exact) mass is 224 g/mol. The van der Waals surface area contributed by atoms with E-state index in [1.54, 1.807) is 13.4 Å². The highest BCUT2D eigenvalue weighted by molar-refractivity contribution is 4.98. The molecular formula is C12H20N2O2. The highest BCUT2D eigenvalue weighted by Gasteiger charge is 2.24. The summed E-state index contributed by atoms with van der Waals surface area (Å²) >= 11 is 0. The lowest BCUT2D eigenvalue weighted by Gasteiger charge is -2.19. The van der Waals surface area contributed by atoms with E-state index in [1.807, 2.05) is 12.1 Å². The van der Waals surface area contributed by atoms with Crippen molar-refractivity contribution in [1.82, 2.24) is 10.2 Å². The van der Waals surface area contributed by atoms with Gasteiger partial charge in [-0.15, -0.1) is 0 Å². The number of ether oxygens (including phenoxy) is 1. The van der Waals surface area contributed by atoms with Crippen molar-refractivity contribution in [3.8, 4) is 0 Å². The maximum atomic E-state index is 5.33. The van der Waals surface area contributed by atoms with Crippen LogP contribution in [0, 0.1) is 0 Å². The summed E-state index contributed by atoms with van der Waals surface area (Å²) in [5, 5.41) is 3.47. The molecule has 1 aliphatic rings. The van der Waals surface area contributed by atoms with Crippen LogP contribution in [-0.2, 0) is 11.3 Å². The van der Waals surface area contributed by atoms with Crippen molar-refractivity contribution < 1.29 is 9.15 Å². The summed E-state index contributed by atoms with van der Waals surface area (Å²) in [6.07, 6.45) is 3.19. The number of nitrogens with zero attached hydrogens (tertiary/aromatic N) is 1. The summed E-state index contributed by atoms with van der Waals surface area (Å²) in [5.41, 5.74) is 0. The molecule has 0 aliphatic carbocycles. The fraction of sp³-hybridized carbons (Fsp3) is 0.667. The molecule has 0 aromatic carbocycles. The van der Waals surface area contributed by atoms with Crippen molar-refractivity contribution in [3.05, 3.63) is 24.2 Å². The van der Waals surface area contributed by atoms with Crippen LogP contribution in [0.5, 0.6) is 0 Å². The molecular weight excluding hydrogens is 204 g/mol. The molecule has 2 heterocycles. The first-order valence-corrected chi connectivity index (χ1v) is 5.75. The third-order valence-electron chi connectivity index (χ3n) is 3.05. The molecule has 0 radical (unpaired) electrons. The van der Waals surface area contributed by atoms with Gasteiger partial charge in [0.15, 0.2) is 0 Å². The Morgan fingerprint density at radius 3 is 3.12 bits per heavy atom. The Balaban J connectivity index is 1.73. The van der Waals surface area contributed by atoms with Gasteiger partial charge in [0, 0.05) is 26.2 Å². The number of nitrogens with one attached hydrogen (secondary N) is 1. The van der Waals surface area contributed by atoms with E-state index in [0.29, 0.717) is 12.1 Å². The van der Waals surface area contributed by atoms with Crippen LogP contribution in [-0.4, -0.2) is 44.3 Å². The smallest absolute Gasteiger partial charge is 0.117 e. The van der Waals surface area contributed by atoms with Gasteiger partial charge < -0.3 is 14.5 Å². The van der Waals surface area contributed by atoms with Gasteiger partial charge in [0.1, 0.15) is 5.76 Å². The lowest BCUT2D eigenvalue weighted by atomic mass is 10.2. The van der Waals surface area contributed by atoms with Gasteiger partial charge in [0.25, 0.3) is 0 Å². The SMILES string of the molecule is COC1CNC(CN(C)Cc2ccco2)C1. The number of hydrogen-bond donors (Lipinski definition) is 1. The first-order valence-electron chi connectivity index (χ1n) is 5.75. The molecule has 2 unspecified atom stereocenters. The molecule has 90 valence electrons. The Bertz CT molecular complexity index is 300. The summed E-state index contributed by atoms with van der Waals surface area (Å²) in [6.45, 7) is 2.86. The van der Waals surface area contributed by atoms with E-state index in [1.165, 1.54) is 0 Å². The van der Waals surface area contributed by atoms with Gasteiger partial charge in [-0.2, -0.15) is 0 Å². The Labute approximate surface area is 96.6 Å². The van der Waals surface area contributed by atoms with Crippen molar-refractivity contribution in [1.29, 1.82) is 0 Å². The normalized spacial score (nSPS) is 25.4. The van der Waals surface area contributed by atoms with Gasteiger partial charge in [0.2, 0.25) is 0 Å². The van der Waals surface area contributed by atoms with Crippen molar-refractivity contribution >= 4 is 0 Å². The highest BCUT2D eigenvalue weighted by Crippen LogP contribution is 2.11. The number of hydrogen-bond acceptors (Lipinski definition) is 4. The van der Waals surface area contributed by atoms with E-state index >= 15 is 0 Å². The third kappa shape index (κ3) is 3.07. The largest absolute Gasteiger partial charge is 0.468 e. The molecule has 1 aromatic heterocycles. The van der Waals surface area contributed by atoms with E-state index in [0.717, 1.165) is 31.8 Å². The standard InChI is InChI=1S/C12H20N2O2/c1-14(9-11-4-3-5-16-11)8-10-6-12(15-2)7-13-10/h3-5,10,12-13H,6-9H2,1-2H3. The number of furan rings is 1. The van der Waals surface area contributed by atoms with Crippen molar-refractivity contribution in [2.75, 3.05) is 27.2 Å². The molecule has 0 bridgehead atoms. The molecule has 1 aromatic rings. The number of methoxy groups -OCH3 is 1. The van der Waals surface area contributed by atoms with Crippen molar-refractivity contribution in [3.63, 3.8) is 0 Å². The minimum absolute atomic E-state index is 0.377. The predicted molar refractivity (Wildman–Crippen MR) is 62.2 cm³/mol. The molecule has 16 heavy (non-hydrogen) atoms. The summed E-state index contributed by atoms with van der Waals surface area (Å²) < 4.78 is 10.7. The highest BCUT2D eigenvalue weighted by atomic mass is 16.5. The zero-order valence-corrected chi connectivity index (χ0v) is 9.98. The fourth-order valence-electron chi connectivity index (χ4n) is 2.21.